The summed E-state index contributed by atoms with van der Waals surface area (Å²) >= 11 is 0. The zero-order valence-corrected chi connectivity index (χ0v) is 14.6. The molecule has 0 unspecified atom stereocenters. The number of carbonyl (C=O) groups is 1. The largest absolute Gasteiger partial charge is 0.489 e. The van der Waals surface area contributed by atoms with Crippen molar-refractivity contribution in [2.45, 2.75) is 25.6 Å². The summed E-state index contributed by atoms with van der Waals surface area (Å²) in [5.74, 6) is 0.530. The Hall–Kier alpha value is -3.07. The van der Waals surface area contributed by atoms with Crippen LogP contribution in [0.25, 0.3) is 0 Å². The van der Waals surface area contributed by atoms with Gasteiger partial charge in [-0.3, -0.25) is 0 Å². The number of ether oxygens (including phenoxy) is 2. The lowest BCUT2D eigenvalue weighted by atomic mass is 9.85. The van der Waals surface area contributed by atoms with Crippen LogP contribution in [0.15, 0.2) is 78.9 Å². The fourth-order valence-electron chi connectivity index (χ4n) is 3.34. The summed E-state index contributed by atoms with van der Waals surface area (Å²) in [6, 6.07) is 25.5. The minimum Gasteiger partial charge on any atom is -0.489 e. The van der Waals surface area contributed by atoms with Crippen molar-refractivity contribution < 1.29 is 14.3 Å². The monoisotopic (exact) mass is 344 g/mol. The number of esters is 1. The highest BCUT2D eigenvalue weighted by atomic mass is 16.6. The number of hydrogen-bond donors (Lipinski definition) is 0. The number of rotatable bonds is 4. The third kappa shape index (κ3) is 3.21. The van der Waals surface area contributed by atoms with Crippen molar-refractivity contribution in [2.24, 2.45) is 0 Å². The Bertz CT molecular complexity index is 916. The molecule has 4 rings (SSSR count). The molecule has 0 radical (unpaired) electrons. The molecule has 1 heterocycles. The van der Waals surface area contributed by atoms with Gasteiger partial charge in [0.25, 0.3) is 0 Å². The first-order valence-corrected chi connectivity index (χ1v) is 8.73. The summed E-state index contributed by atoms with van der Waals surface area (Å²) in [5, 5.41) is 0. The van der Waals surface area contributed by atoms with E-state index in [0.717, 1.165) is 22.4 Å². The van der Waals surface area contributed by atoms with Gasteiger partial charge in [0.15, 0.2) is 0 Å². The van der Waals surface area contributed by atoms with Crippen LogP contribution in [0.1, 0.15) is 34.0 Å². The van der Waals surface area contributed by atoms with Crippen molar-refractivity contribution in [3.05, 3.63) is 101 Å². The van der Waals surface area contributed by atoms with Crippen LogP contribution in [0.5, 0.6) is 5.75 Å². The van der Waals surface area contributed by atoms with E-state index in [1.165, 1.54) is 0 Å². The maximum atomic E-state index is 12.4. The van der Waals surface area contributed by atoms with Crippen LogP contribution < -0.4 is 4.74 Å². The summed E-state index contributed by atoms with van der Waals surface area (Å²) in [6.07, 6.45) is 0.666. The van der Waals surface area contributed by atoms with Crippen molar-refractivity contribution in [3.63, 3.8) is 0 Å². The number of hydrogen-bond acceptors (Lipinski definition) is 3. The fraction of sp³-hybridized carbons (Fsp3) is 0.174. The molecule has 0 N–H and O–H groups in total. The summed E-state index contributed by atoms with van der Waals surface area (Å²) in [4.78, 5) is 12.4. The third-order valence-corrected chi connectivity index (χ3v) is 4.80. The second-order valence-electron chi connectivity index (χ2n) is 6.75. The molecule has 1 atom stereocenters. The standard InChI is InChI=1S/C23H20O3/c1-23(15-18-9-5-6-10-21(18)22(24)26-23)19-11-13-20(14-12-19)25-16-17-7-3-2-4-8-17/h2-14H,15-16H2,1H3/t23-/m1/s1. The zero-order valence-electron chi connectivity index (χ0n) is 14.6. The van der Waals surface area contributed by atoms with Crippen molar-refractivity contribution in [1.82, 2.24) is 0 Å². The van der Waals surface area contributed by atoms with Gasteiger partial charge in [0.2, 0.25) is 0 Å². The van der Waals surface area contributed by atoms with Crippen LogP contribution in [0.4, 0.5) is 0 Å². The van der Waals surface area contributed by atoms with E-state index in [1.54, 1.807) is 0 Å². The number of benzene rings is 3. The van der Waals surface area contributed by atoms with Gasteiger partial charge < -0.3 is 9.47 Å². The molecular formula is C23H20O3. The zero-order chi connectivity index (χ0) is 18.0. The van der Waals surface area contributed by atoms with Gasteiger partial charge in [0, 0.05) is 6.42 Å². The van der Waals surface area contributed by atoms with E-state index in [2.05, 4.69) is 0 Å². The van der Waals surface area contributed by atoms with Crippen LogP contribution in [0.2, 0.25) is 0 Å². The van der Waals surface area contributed by atoms with E-state index in [0.29, 0.717) is 18.6 Å². The molecule has 0 aromatic heterocycles. The van der Waals surface area contributed by atoms with E-state index in [1.807, 2.05) is 85.8 Å². The molecule has 0 bridgehead atoms. The highest BCUT2D eigenvalue weighted by Crippen LogP contribution is 2.36. The highest BCUT2D eigenvalue weighted by Gasteiger charge is 2.37. The van der Waals surface area contributed by atoms with Gasteiger partial charge >= 0.3 is 5.97 Å². The quantitative estimate of drug-likeness (QED) is 0.632. The van der Waals surface area contributed by atoms with Crippen LogP contribution in [0.3, 0.4) is 0 Å². The minimum absolute atomic E-state index is 0.265. The van der Waals surface area contributed by atoms with Crippen LogP contribution in [-0.4, -0.2) is 5.97 Å². The topological polar surface area (TPSA) is 35.5 Å². The lowest BCUT2D eigenvalue weighted by Gasteiger charge is -2.35. The Morgan fingerprint density at radius 2 is 1.62 bits per heavy atom. The first-order chi connectivity index (χ1) is 12.6. The van der Waals surface area contributed by atoms with Gasteiger partial charge in [-0.2, -0.15) is 0 Å². The molecule has 1 aliphatic heterocycles. The van der Waals surface area contributed by atoms with E-state index >= 15 is 0 Å². The molecule has 3 nitrogen and oxygen atoms in total. The van der Waals surface area contributed by atoms with E-state index in [9.17, 15) is 4.79 Å². The molecule has 0 aliphatic carbocycles. The maximum absolute atomic E-state index is 12.4. The highest BCUT2D eigenvalue weighted by molar-refractivity contribution is 5.92. The average molecular weight is 344 g/mol. The Morgan fingerprint density at radius 3 is 2.38 bits per heavy atom. The molecule has 130 valence electrons. The van der Waals surface area contributed by atoms with Crippen molar-refractivity contribution in [3.8, 4) is 5.75 Å². The Balaban J connectivity index is 1.51. The number of fused-ring (bicyclic) bond motifs is 1. The van der Waals surface area contributed by atoms with E-state index < -0.39 is 5.60 Å². The minimum atomic E-state index is -0.663. The van der Waals surface area contributed by atoms with Gasteiger partial charge in [-0.25, -0.2) is 4.79 Å². The molecule has 1 aliphatic rings. The van der Waals surface area contributed by atoms with Crippen molar-refractivity contribution in [2.75, 3.05) is 0 Å². The van der Waals surface area contributed by atoms with Crippen molar-refractivity contribution >= 4 is 5.97 Å². The average Bonchev–Trinajstić information content (AvgIpc) is 2.67. The van der Waals surface area contributed by atoms with Crippen LogP contribution in [-0.2, 0) is 23.4 Å². The second-order valence-corrected chi connectivity index (χ2v) is 6.75. The van der Waals surface area contributed by atoms with Crippen LogP contribution in [0, 0.1) is 0 Å². The van der Waals surface area contributed by atoms with E-state index in [-0.39, 0.29) is 5.97 Å². The Labute approximate surface area is 153 Å². The van der Waals surface area contributed by atoms with Gasteiger partial charge in [-0.15, -0.1) is 0 Å². The molecule has 0 amide bonds. The molecule has 0 saturated heterocycles. The number of carbonyl (C=O) groups excluding carboxylic acids is 1. The smallest absolute Gasteiger partial charge is 0.339 e. The molecule has 3 aromatic carbocycles. The molecular weight excluding hydrogens is 324 g/mol. The molecule has 3 aromatic rings. The maximum Gasteiger partial charge on any atom is 0.339 e. The SMILES string of the molecule is C[C@]1(c2ccc(OCc3ccccc3)cc2)Cc2ccccc2C(=O)O1. The molecule has 3 heteroatoms. The summed E-state index contributed by atoms with van der Waals surface area (Å²) in [7, 11) is 0. The summed E-state index contributed by atoms with van der Waals surface area (Å²) in [6.45, 7) is 2.49. The summed E-state index contributed by atoms with van der Waals surface area (Å²) < 4.78 is 11.6. The lowest BCUT2D eigenvalue weighted by molar-refractivity contribution is -0.0182. The van der Waals surface area contributed by atoms with E-state index in [4.69, 9.17) is 9.47 Å². The van der Waals surface area contributed by atoms with Gasteiger partial charge in [-0.1, -0.05) is 60.7 Å². The normalized spacial score (nSPS) is 18.7. The predicted molar refractivity (Wildman–Crippen MR) is 100 cm³/mol. The number of cyclic esters (lactones) is 1. The first-order valence-electron chi connectivity index (χ1n) is 8.73. The predicted octanol–water partition coefficient (Wildman–Crippen LogP) is 4.89. The molecule has 0 spiro atoms. The Kier molecular flexibility index (Phi) is 4.21. The second kappa shape index (κ2) is 6.68. The third-order valence-electron chi connectivity index (χ3n) is 4.80. The summed E-state index contributed by atoms with van der Waals surface area (Å²) in [5.41, 5.74) is 3.11. The molecule has 26 heavy (non-hydrogen) atoms. The van der Waals surface area contributed by atoms with Gasteiger partial charge in [0.1, 0.15) is 18.0 Å². The lowest BCUT2D eigenvalue weighted by Crippen LogP contribution is -2.36. The molecule has 0 fully saturated rings. The van der Waals surface area contributed by atoms with Gasteiger partial charge in [0.05, 0.1) is 5.56 Å². The van der Waals surface area contributed by atoms with Crippen molar-refractivity contribution in [1.29, 1.82) is 0 Å². The Morgan fingerprint density at radius 1 is 0.923 bits per heavy atom. The van der Waals surface area contributed by atoms with Crippen LogP contribution >= 0.6 is 0 Å². The fourth-order valence-corrected chi connectivity index (χ4v) is 3.34. The van der Waals surface area contributed by atoms with Gasteiger partial charge in [-0.05, 0) is 41.8 Å². The molecule has 0 saturated carbocycles. The first kappa shape index (κ1) is 16.4.